The minimum absolute atomic E-state index is 0.237. The highest BCUT2D eigenvalue weighted by Gasteiger charge is 2.17. The highest BCUT2D eigenvalue weighted by Crippen LogP contribution is 2.20. The van der Waals surface area contributed by atoms with E-state index in [1.54, 1.807) is 13.1 Å². The van der Waals surface area contributed by atoms with Gasteiger partial charge in [-0.25, -0.2) is 4.98 Å². The zero-order valence-corrected chi connectivity index (χ0v) is 17.6. The number of morpholine rings is 1. The predicted molar refractivity (Wildman–Crippen MR) is 115 cm³/mol. The van der Waals surface area contributed by atoms with E-state index in [-0.39, 0.29) is 6.10 Å². The predicted octanol–water partition coefficient (Wildman–Crippen LogP) is 3.48. The van der Waals surface area contributed by atoms with Crippen LogP contribution in [-0.4, -0.2) is 43.8 Å². The van der Waals surface area contributed by atoms with Crippen LogP contribution in [0.15, 0.2) is 41.5 Å². The van der Waals surface area contributed by atoms with Gasteiger partial charge in [0.05, 0.1) is 12.7 Å². The number of anilines is 1. The first kappa shape index (κ1) is 20.7. The molecule has 0 aliphatic carbocycles. The molecule has 1 atom stereocenters. The fourth-order valence-electron chi connectivity index (χ4n) is 2.99. The van der Waals surface area contributed by atoms with Crippen molar-refractivity contribution >= 4 is 35.0 Å². The van der Waals surface area contributed by atoms with Crippen molar-refractivity contribution in [3.8, 4) is 0 Å². The van der Waals surface area contributed by atoms with Gasteiger partial charge >= 0.3 is 0 Å². The second-order valence-electron chi connectivity index (χ2n) is 6.67. The van der Waals surface area contributed by atoms with Crippen LogP contribution in [0, 0.1) is 0 Å². The zero-order valence-electron chi connectivity index (χ0n) is 16.1. The standard InChI is InChI=1S/C20H25Cl2N5O/c1-14-13-27(7-8-28-14)19-6-3-15(10-24-19)11-25-20(23-2)26-12-16-4-5-17(21)9-18(16)22/h3-6,9-10,14H,7-8,11-13H2,1-2H3,(H2,23,25,26). The molecule has 28 heavy (non-hydrogen) atoms. The lowest BCUT2D eigenvalue weighted by atomic mass is 10.2. The highest BCUT2D eigenvalue weighted by atomic mass is 35.5. The summed E-state index contributed by atoms with van der Waals surface area (Å²) in [5.41, 5.74) is 2.04. The van der Waals surface area contributed by atoms with Gasteiger partial charge in [-0.05, 0) is 36.2 Å². The molecule has 1 aromatic heterocycles. The van der Waals surface area contributed by atoms with Crippen LogP contribution in [0.3, 0.4) is 0 Å². The maximum atomic E-state index is 6.21. The van der Waals surface area contributed by atoms with E-state index in [9.17, 15) is 0 Å². The van der Waals surface area contributed by atoms with Gasteiger partial charge in [-0.15, -0.1) is 0 Å². The minimum Gasteiger partial charge on any atom is -0.375 e. The quantitative estimate of drug-likeness (QED) is 0.571. The Balaban J connectivity index is 1.50. The average molecular weight is 422 g/mol. The molecule has 3 rings (SSSR count). The molecule has 2 heterocycles. The molecule has 1 saturated heterocycles. The number of rotatable bonds is 5. The van der Waals surface area contributed by atoms with Crippen LogP contribution in [0.2, 0.25) is 10.0 Å². The Labute approximate surface area is 175 Å². The second kappa shape index (κ2) is 9.96. The molecule has 6 nitrogen and oxygen atoms in total. The number of aliphatic imine (C=N–C) groups is 1. The molecule has 1 unspecified atom stereocenters. The number of aromatic nitrogens is 1. The summed E-state index contributed by atoms with van der Waals surface area (Å²) in [5, 5.41) is 7.80. The third-order valence-corrected chi connectivity index (χ3v) is 5.11. The lowest BCUT2D eigenvalue weighted by Crippen LogP contribution is -2.41. The Morgan fingerprint density at radius 2 is 2.07 bits per heavy atom. The van der Waals surface area contributed by atoms with E-state index in [1.165, 1.54) is 0 Å². The van der Waals surface area contributed by atoms with Gasteiger partial charge in [-0.1, -0.05) is 35.3 Å². The fourth-order valence-corrected chi connectivity index (χ4v) is 3.46. The van der Waals surface area contributed by atoms with Crippen molar-refractivity contribution < 1.29 is 4.74 Å². The van der Waals surface area contributed by atoms with Crippen molar-refractivity contribution in [2.75, 3.05) is 31.6 Å². The fraction of sp³-hybridized carbons (Fsp3) is 0.400. The Morgan fingerprint density at radius 1 is 1.25 bits per heavy atom. The molecule has 1 aliphatic rings. The molecule has 1 fully saturated rings. The molecule has 0 saturated carbocycles. The maximum Gasteiger partial charge on any atom is 0.191 e. The molecule has 1 aliphatic heterocycles. The SMILES string of the molecule is CN=C(NCc1ccc(N2CCOC(C)C2)nc1)NCc1ccc(Cl)cc1Cl. The van der Waals surface area contributed by atoms with Crippen LogP contribution in [0.1, 0.15) is 18.1 Å². The first-order valence-electron chi connectivity index (χ1n) is 9.25. The van der Waals surface area contributed by atoms with Gasteiger partial charge in [0.1, 0.15) is 5.82 Å². The number of nitrogens with zero attached hydrogens (tertiary/aromatic N) is 3. The molecule has 2 N–H and O–H groups in total. The number of ether oxygens (including phenoxy) is 1. The summed E-state index contributed by atoms with van der Waals surface area (Å²) < 4.78 is 5.58. The summed E-state index contributed by atoms with van der Waals surface area (Å²) in [6, 6.07) is 9.60. The summed E-state index contributed by atoms with van der Waals surface area (Å²) in [6.07, 6.45) is 2.13. The Morgan fingerprint density at radius 3 is 2.75 bits per heavy atom. The minimum atomic E-state index is 0.237. The Kier molecular flexibility index (Phi) is 7.36. The van der Waals surface area contributed by atoms with Crippen LogP contribution in [-0.2, 0) is 17.8 Å². The molecule has 150 valence electrons. The molecule has 0 spiro atoms. The Bertz CT molecular complexity index is 813. The van der Waals surface area contributed by atoms with E-state index in [0.717, 1.165) is 36.6 Å². The van der Waals surface area contributed by atoms with Gasteiger partial charge in [-0.2, -0.15) is 0 Å². The van der Waals surface area contributed by atoms with Crippen LogP contribution >= 0.6 is 23.2 Å². The molecular formula is C20H25Cl2N5O. The number of pyridine rings is 1. The summed E-state index contributed by atoms with van der Waals surface area (Å²) in [7, 11) is 1.74. The zero-order chi connectivity index (χ0) is 19.9. The van der Waals surface area contributed by atoms with Gasteiger partial charge in [0.15, 0.2) is 5.96 Å². The molecular weight excluding hydrogens is 397 g/mol. The summed E-state index contributed by atoms with van der Waals surface area (Å²) >= 11 is 12.1. The van der Waals surface area contributed by atoms with Crippen LogP contribution in [0.5, 0.6) is 0 Å². The van der Waals surface area contributed by atoms with E-state index in [4.69, 9.17) is 27.9 Å². The molecule has 0 amide bonds. The largest absolute Gasteiger partial charge is 0.375 e. The molecule has 0 bridgehead atoms. The lowest BCUT2D eigenvalue weighted by Gasteiger charge is -2.32. The van der Waals surface area contributed by atoms with Crippen molar-refractivity contribution in [3.63, 3.8) is 0 Å². The number of hydrogen-bond donors (Lipinski definition) is 2. The first-order valence-corrected chi connectivity index (χ1v) is 10.0. The number of guanidine groups is 1. The molecule has 1 aromatic carbocycles. The number of benzene rings is 1. The average Bonchev–Trinajstić information content (AvgIpc) is 2.70. The smallest absolute Gasteiger partial charge is 0.191 e. The van der Waals surface area contributed by atoms with E-state index in [1.807, 2.05) is 18.3 Å². The van der Waals surface area contributed by atoms with Gasteiger partial charge in [0.25, 0.3) is 0 Å². The number of halogens is 2. The monoisotopic (exact) mass is 421 g/mol. The van der Waals surface area contributed by atoms with Crippen molar-refractivity contribution in [3.05, 3.63) is 57.7 Å². The van der Waals surface area contributed by atoms with E-state index >= 15 is 0 Å². The van der Waals surface area contributed by atoms with E-state index in [0.29, 0.717) is 29.1 Å². The number of nitrogens with one attached hydrogen (secondary N) is 2. The second-order valence-corrected chi connectivity index (χ2v) is 7.51. The molecule has 0 radical (unpaired) electrons. The van der Waals surface area contributed by atoms with Crippen molar-refractivity contribution in [1.82, 2.24) is 15.6 Å². The third kappa shape index (κ3) is 5.74. The summed E-state index contributed by atoms with van der Waals surface area (Å²) in [4.78, 5) is 11.1. The van der Waals surface area contributed by atoms with Gasteiger partial charge in [0.2, 0.25) is 0 Å². The lowest BCUT2D eigenvalue weighted by molar-refractivity contribution is 0.0529. The topological polar surface area (TPSA) is 61.8 Å². The van der Waals surface area contributed by atoms with Gasteiger partial charge < -0.3 is 20.3 Å². The van der Waals surface area contributed by atoms with Gasteiger partial charge in [0, 0.05) is 49.5 Å². The molecule has 8 heteroatoms. The van der Waals surface area contributed by atoms with Crippen LogP contribution < -0.4 is 15.5 Å². The van der Waals surface area contributed by atoms with Crippen LogP contribution in [0.4, 0.5) is 5.82 Å². The van der Waals surface area contributed by atoms with Crippen molar-refractivity contribution in [2.45, 2.75) is 26.1 Å². The van der Waals surface area contributed by atoms with E-state index in [2.05, 4.69) is 44.6 Å². The van der Waals surface area contributed by atoms with Gasteiger partial charge in [-0.3, -0.25) is 4.99 Å². The highest BCUT2D eigenvalue weighted by molar-refractivity contribution is 6.35. The maximum absolute atomic E-state index is 6.21. The first-order chi connectivity index (χ1) is 13.5. The summed E-state index contributed by atoms with van der Waals surface area (Å²) in [5.74, 6) is 1.68. The molecule has 2 aromatic rings. The normalized spacial score (nSPS) is 17.5. The van der Waals surface area contributed by atoms with Crippen molar-refractivity contribution in [2.24, 2.45) is 4.99 Å². The van der Waals surface area contributed by atoms with Crippen molar-refractivity contribution in [1.29, 1.82) is 0 Å². The summed E-state index contributed by atoms with van der Waals surface area (Å²) in [6.45, 7) is 5.75. The third-order valence-electron chi connectivity index (χ3n) is 4.52. The van der Waals surface area contributed by atoms with Crippen LogP contribution in [0.25, 0.3) is 0 Å². The van der Waals surface area contributed by atoms with E-state index < -0.39 is 0 Å². The number of hydrogen-bond acceptors (Lipinski definition) is 4. The Hall–Kier alpha value is -2.02.